The highest BCUT2D eigenvalue weighted by Crippen LogP contribution is 2.38. The Kier molecular flexibility index (Phi) is 8.59. The number of carbonyl (C=O) groups is 2. The van der Waals surface area contributed by atoms with E-state index in [4.69, 9.17) is 14.7 Å². The smallest absolute Gasteiger partial charge is 0.319 e. The van der Waals surface area contributed by atoms with Gasteiger partial charge >= 0.3 is 6.01 Å². The van der Waals surface area contributed by atoms with Crippen molar-refractivity contribution in [2.75, 3.05) is 74.7 Å². The number of rotatable bonds is 7. The number of aryl methyl sites for hydroxylation is 1. The second-order valence-electron chi connectivity index (χ2n) is 12.1. The summed E-state index contributed by atoms with van der Waals surface area (Å²) in [4.78, 5) is 46.8. The summed E-state index contributed by atoms with van der Waals surface area (Å²) in [5, 5.41) is 11.7. The molecule has 6 rings (SSSR count). The van der Waals surface area contributed by atoms with Crippen molar-refractivity contribution in [2.45, 2.75) is 38.3 Å². The number of ether oxygens (including phenoxy) is 1. The highest BCUT2D eigenvalue weighted by molar-refractivity contribution is 6.14. The Hall–Kier alpha value is -4.69. The van der Waals surface area contributed by atoms with E-state index in [1.54, 1.807) is 4.90 Å². The monoisotopic (exact) mass is 608 g/mol. The van der Waals surface area contributed by atoms with Crippen molar-refractivity contribution < 1.29 is 14.3 Å². The van der Waals surface area contributed by atoms with Crippen molar-refractivity contribution in [2.24, 2.45) is 0 Å². The van der Waals surface area contributed by atoms with Crippen molar-refractivity contribution in [1.82, 2.24) is 19.8 Å². The fourth-order valence-corrected chi connectivity index (χ4v) is 6.86. The zero-order valence-electron chi connectivity index (χ0n) is 26.3. The van der Waals surface area contributed by atoms with Gasteiger partial charge in [0.15, 0.2) is 11.5 Å². The van der Waals surface area contributed by atoms with Crippen LogP contribution in [-0.4, -0.2) is 104 Å². The van der Waals surface area contributed by atoms with Crippen molar-refractivity contribution in [1.29, 1.82) is 5.26 Å². The first-order valence-corrected chi connectivity index (χ1v) is 15.6. The minimum absolute atomic E-state index is 0.156. The molecule has 3 aromatic rings. The molecule has 0 N–H and O–H groups in total. The first-order chi connectivity index (χ1) is 21.8. The minimum atomic E-state index is -0.349. The Morgan fingerprint density at radius 1 is 1.09 bits per heavy atom. The van der Waals surface area contributed by atoms with E-state index < -0.39 is 0 Å². The molecule has 11 nitrogen and oxygen atoms in total. The molecule has 2 aromatic carbocycles. The zero-order chi connectivity index (χ0) is 31.7. The summed E-state index contributed by atoms with van der Waals surface area (Å²) in [6, 6.07) is 14.5. The minimum Gasteiger partial charge on any atom is -0.462 e. The highest BCUT2D eigenvalue weighted by Gasteiger charge is 2.37. The quantitative estimate of drug-likeness (QED) is 0.372. The predicted molar refractivity (Wildman–Crippen MR) is 175 cm³/mol. The molecule has 0 unspecified atom stereocenters. The van der Waals surface area contributed by atoms with Gasteiger partial charge in [-0.15, -0.1) is 0 Å². The third-order valence-corrected chi connectivity index (χ3v) is 9.36. The molecule has 3 aliphatic rings. The molecule has 4 heterocycles. The number of nitrogens with zero attached hydrogens (tertiary/aromatic N) is 8. The third kappa shape index (κ3) is 5.78. The summed E-state index contributed by atoms with van der Waals surface area (Å²) in [7, 11) is 4.04. The molecule has 11 heteroatoms. The summed E-state index contributed by atoms with van der Waals surface area (Å²) in [6.45, 7) is 9.42. The lowest BCUT2D eigenvalue weighted by Crippen LogP contribution is -2.55. The van der Waals surface area contributed by atoms with Gasteiger partial charge in [0, 0.05) is 51.2 Å². The van der Waals surface area contributed by atoms with Crippen LogP contribution in [0.5, 0.6) is 6.01 Å². The Morgan fingerprint density at radius 2 is 1.89 bits per heavy atom. The van der Waals surface area contributed by atoms with Crippen LogP contribution >= 0.6 is 0 Å². The van der Waals surface area contributed by atoms with E-state index in [2.05, 4.69) is 54.6 Å². The molecule has 234 valence electrons. The van der Waals surface area contributed by atoms with Crippen LogP contribution in [0.15, 0.2) is 49.1 Å². The number of fused-ring (bicyclic) bond motifs is 2. The first-order valence-electron chi connectivity index (χ1n) is 15.6. The number of carbonyl (C=O) groups excluding carboxylic acids is 2. The molecule has 2 atom stereocenters. The van der Waals surface area contributed by atoms with Gasteiger partial charge in [0.2, 0.25) is 5.91 Å². The van der Waals surface area contributed by atoms with Crippen LogP contribution in [-0.2, 0) is 4.79 Å². The van der Waals surface area contributed by atoms with E-state index in [9.17, 15) is 14.9 Å². The number of nitriles is 1. The lowest BCUT2D eigenvalue weighted by atomic mass is 10.0. The average Bonchev–Trinajstić information content (AvgIpc) is 3.42. The van der Waals surface area contributed by atoms with Gasteiger partial charge in [-0.3, -0.25) is 9.59 Å². The number of anilines is 3. The van der Waals surface area contributed by atoms with Gasteiger partial charge in [-0.1, -0.05) is 36.9 Å². The van der Waals surface area contributed by atoms with Gasteiger partial charge in [0.1, 0.15) is 12.3 Å². The standard InChI is InChI=1S/C34H40N8O3/c1-5-28(43)41-20-18-40(21-25(41)14-15-35)32-31-30(36-34(37-32)45-22-26-12-8-16-38(26)3)33(44)42(19-17-39(31)4)27-13-7-11-24-10-6-9-23(2)29(24)27/h5-7,9-11,13,25-26H,1,8,12,14,16-22H2,2-4H3/t25-,26+/m0/s1. The highest BCUT2D eigenvalue weighted by atomic mass is 16.5. The van der Waals surface area contributed by atoms with Crippen LogP contribution in [0.25, 0.3) is 10.8 Å². The van der Waals surface area contributed by atoms with Crippen molar-refractivity contribution in [3.05, 3.63) is 60.3 Å². The van der Waals surface area contributed by atoms with Crippen molar-refractivity contribution >= 4 is 39.8 Å². The van der Waals surface area contributed by atoms with Crippen LogP contribution in [0.2, 0.25) is 0 Å². The molecule has 0 radical (unpaired) electrons. The number of hydrogen-bond donors (Lipinski definition) is 0. The molecule has 3 aliphatic heterocycles. The summed E-state index contributed by atoms with van der Waals surface area (Å²) in [6.07, 6.45) is 3.60. The van der Waals surface area contributed by atoms with Gasteiger partial charge in [-0.2, -0.15) is 15.2 Å². The van der Waals surface area contributed by atoms with E-state index in [-0.39, 0.29) is 42.0 Å². The third-order valence-electron chi connectivity index (χ3n) is 9.36. The fourth-order valence-electron chi connectivity index (χ4n) is 6.86. The lowest BCUT2D eigenvalue weighted by molar-refractivity contribution is -0.128. The molecule has 2 fully saturated rings. The van der Waals surface area contributed by atoms with Gasteiger partial charge < -0.3 is 29.2 Å². The van der Waals surface area contributed by atoms with E-state index >= 15 is 0 Å². The second kappa shape index (κ2) is 12.7. The van der Waals surface area contributed by atoms with Crippen LogP contribution in [0.1, 0.15) is 35.3 Å². The number of piperazine rings is 1. The largest absolute Gasteiger partial charge is 0.462 e. The maximum Gasteiger partial charge on any atom is 0.319 e. The molecule has 0 bridgehead atoms. The maximum atomic E-state index is 14.6. The van der Waals surface area contributed by atoms with Gasteiger partial charge in [0.05, 0.1) is 24.2 Å². The topological polar surface area (TPSA) is 109 Å². The van der Waals surface area contributed by atoms with Crippen molar-refractivity contribution in [3.63, 3.8) is 0 Å². The number of amides is 2. The van der Waals surface area contributed by atoms with Crippen LogP contribution < -0.4 is 19.4 Å². The van der Waals surface area contributed by atoms with E-state index in [1.165, 1.54) is 6.08 Å². The molecule has 0 saturated carbocycles. The summed E-state index contributed by atoms with van der Waals surface area (Å²) in [5.41, 5.74) is 2.85. The van der Waals surface area contributed by atoms with Gasteiger partial charge in [-0.25, -0.2) is 0 Å². The molecule has 0 aliphatic carbocycles. The molecule has 2 amide bonds. The summed E-state index contributed by atoms with van der Waals surface area (Å²) >= 11 is 0. The summed E-state index contributed by atoms with van der Waals surface area (Å²) < 4.78 is 6.25. The number of hydrogen-bond acceptors (Lipinski definition) is 9. The average molecular weight is 609 g/mol. The molecule has 45 heavy (non-hydrogen) atoms. The van der Waals surface area contributed by atoms with Crippen molar-refractivity contribution in [3.8, 4) is 12.1 Å². The number of benzene rings is 2. The van der Waals surface area contributed by atoms with Crippen LogP contribution in [0.3, 0.4) is 0 Å². The Labute approximate surface area is 264 Å². The number of likely N-dealkylation sites (tertiary alicyclic amines) is 1. The van der Waals surface area contributed by atoms with Crippen LogP contribution in [0, 0.1) is 18.3 Å². The summed E-state index contributed by atoms with van der Waals surface area (Å²) in [5.74, 6) is 0.162. The SMILES string of the molecule is C=CC(=O)N1CCN(c2nc(OC[C@H]3CCCN3C)nc3c2N(C)CCN(c2cccc4cccc(C)c24)C3=O)C[C@@H]1CC#N. The number of aromatic nitrogens is 2. The zero-order valence-corrected chi connectivity index (χ0v) is 26.3. The first kappa shape index (κ1) is 30.3. The molecular weight excluding hydrogens is 568 g/mol. The molecular formula is C34H40N8O3. The van der Waals surface area contributed by atoms with E-state index in [0.717, 1.165) is 41.4 Å². The fraction of sp³-hybridized carbons (Fsp3) is 0.441. The normalized spacial score (nSPS) is 20.6. The Balaban J connectivity index is 1.43. The van der Waals surface area contributed by atoms with Gasteiger partial charge in [0.25, 0.3) is 5.91 Å². The lowest BCUT2D eigenvalue weighted by Gasteiger charge is -2.41. The number of likely N-dealkylation sites (N-methyl/N-ethyl adjacent to an activating group) is 2. The Morgan fingerprint density at radius 3 is 2.62 bits per heavy atom. The maximum absolute atomic E-state index is 14.6. The van der Waals surface area contributed by atoms with Crippen LogP contribution in [0.4, 0.5) is 17.2 Å². The molecule has 1 aromatic heterocycles. The molecule has 0 spiro atoms. The van der Waals surface area contributed by atoms with E-state index in [1.807, 2.05) is 35.0 Å². The molecule has 2 saturated heterocycles. The van der Waals surface area contributed by atoms with Gasteiger partial charge in [-0.05, 0) is 56.4 Å². The second-order valence-corrected chi connectivity index (χ2v) is 12.1. The predicted octanol–water partition coefficient (Wildman–Crippen LogP) is 3.62. The van der Waals surface area contributed by atoms with E-state index in [0.29, 0.717) is 50.8 Å². The Bertz CT molecular complexity index is 1660.